The molecule has 0 unspecified atom stereocenters. The molecule has 0 aromatic rings. The third-order valence-electron chi connectivity index (χ3n) is 4.19. The number of allylic oxidation sites excluding steroid dienone is 9. The Hall–Kier alpha value is -2.20. The summed E-state index contributed by atoms with van der Waals surface area (Å²) in [5, 5.41) is 18.4. The molecule has 0 aliphatic heterocycles. The maximum atomic E-state index is 12.0. The average Bonchev–Trinajstić information content (AvgIpc) is 2.96. The Morgan fingerprint density at radius 1 is 1.15 bits per heavy atom. The van der Waals surface area contributed by atoms with Gasteiger partial charge in [0.15, 0.2) is 5.78 Å². The van der Waals surface area contributed by atoms with Crippen LogP contribution in [-0.2, 0) is 9.59 Å². The predicted octanol–water partition coefficient (Wildman–Crippen LogP) is 4.39. The average molecular weight is 358 g/mol. The van der Waals surface area contributed by atoms with E-state index in [-0.39, 0.29) is 30.5 Å². The van der Waals surface area contributed by atoms with E-state index < -0.39 is 12.1 Å². The number of hydrogen-bond donors (Lipinski definition) is 2. The number of carbonyl (C=O) groups excluding carboxylic acids is 1. The van der Waals surface area contributed by atoms with Crippen LogP contribution in [0.25, 0.3) is 0 Å². The topological polar surface area (TPSA) is 74.6 Å². The minimum absolute atomic E-state index is 0.0404. The van der Waals surface area contributed by atoms with Crippen molar-refractivity contribution in [2.24, 2.45) is 11.8 Å². The lowest BCUT2D eigenvalue weighted by molar-refractivity contribution is -0.137. The van der Waals surface area contributed by atoms with Gasteiger partial charge in [-0.15, -0.1) is 0 Å². The lowest BCUT2D eigenvalue weighted by atomic mass is 9.90. The first kappa shape index (κ1) is 21.8. The van der Waals surface area contributed by atoms with Gasteiger partial charge in [-0.1, -0.05) is 61.6 Å². The zero-order valence-corrected chi connectivity index (χ0v) is 15.5. The molecule has 0 saturated heterocycles. The van der Waals surface area contributed by atoms with Gasteiger partial charge in [0.05, 0.1) is 6.10 Å². The molecule has 142 valence electrons. The molecule has 0 radical (unpaired) electrons. The number of aliphatic hydroxyl groups excluding tert-OH is 1. The van der Waals surface area contributed by atoms with Crippen molar-refractivity contribution in [3.05, 3.63) is 60.8 Å². The van der Waals surface area contributed by atoms with Crippen molar-refractivity contribution in [3.63, 3.8) is 0 Å². The smallest absolute Gasteiger partial charge is 0.303 e. The lowest BCUT2D eigenvalue weighted by Crippen LogP contribution is -2.14. The molecular formula is C22H30O4. The van der Waals surface area contributed by atoms with E-state index in [0.29, 0.717) is 6.42 Å². The van der Waals surface area contributed by atoms with Gasteiger partial charge in [-0.2, -0.15) is 0 Å². The van der Waals surface area contributed by atoms with Crippen LogP contribution in [0.5, 0.6) is 0 Å². The molecule has 0 aromatic heterocycles. The van der Waals surface area contributed by atoms with Crippen LogP contribution in [-0.4, -0.2) is 28.1 Å². The Morgan fingerprint density at radius 3 is 2.46 bits per heavy atom. The molecular weight excluding hydrogens is 328 g/mol. The number of carbonyl (C=O) groups is 2. The second-order valence-corrected chi connectivity index (χ2v) is 6.36. The van der Waals surface area contributed by atoms with Gasteiger partial charge in [-0.05, 0) is 38.2 Å². The van der Waals surface area contributed by atoms with E-state index in [4.69, 9.17) is 5.11 Å². The number of hydrogen-bond acceptors (Lipinski definition) is 3. The standard InChI is InChI=1S/C22H30O4/c1-2-3-4-5-6-7-8-9-10-11-20-18(13-16-21(20)24)12-14-19(23)15-17-22(25)26/h3-4,6-7,9-10,12-14,16,18-20,23H,2,5,8,11,15,17H2,1H3,(H,25,26)/b4-3-,7-6-,10-9-,14-12+/t18-,19+,20-/m0/s1. The first-order valence-corrected chi connectivity index (χ1v) is 9.29. The van der Waals surface area contributed by atoms with E-state index in [2.05, 4.69) is 37.3 Å². The van der Waals surface area contributed by atoms with E-state index in [1.807, 2.05) is 18.2 Å². The van der Waals surface area contributed by atoms with Crippen molar-refractivity contribution in [2.75, 3.05) is 0 Å². The van der Waals surface area contributed by atoms with Gasteiger partial charge in [0.2, 0.25) is 0 Å². The van der Waals surface area contributed by atoms with Crippen molar-refractivity contribution in [3.8, 4) is 0 Å². The van der Waals surface area contributed by atoms with Crippen molar-refractivity contribution in [1.29, 1.82) is 0 Å². The highest BCUT2D eigenvalue weighted by Gasteiger charge is 2.27. The normalized spacial score (nSPS) is 21.8. The number of ketones is 1. The number of aliphatic carboxylic acids is 1. The second-order valence-electron chi connectivity index (χ2n) is 6.36. The first-order valence-electron chi connectivity index (χ1n) is 9.29. The number of rotatable bonds is 12. The number of carboxylic acids is 1. The van der Waals surface area contributed by atoms with Crippen molar-refractivity contribution in [2.45, 2.75) is 51.6 Å². The molecule has 1 aliphatic carbocycles. The molecule has 0 heterocycles. The van der Waals surface area contributed by atoms with Crippen LogP contribution in [0.1, 0.15) is 45.4 Å². The molecule has 0 saturated carbocycles. The van der Waals surface area contributed by atoms with Crippen molar-refractivity contribution < 1.29 is 19.8 Å². The summed E-state index contributed by atoms with van der Waals surface area (Å²) in [5.41, 5.74) is 0. The monoisotopic (exact) mass is 358 g/mol. The summed E-state index contributed by atoms with van der Waals surface area (Å²) in [6, 6.07) is 0. The third-order valence-corrected chi connectivity index (χ3v) is 4.19. The van der Waals surface area contributed by atoms with Gasteiger partial charge in [0, 0.05) is 18.3 Å². The van der Waals surface area contributed by atoms with Gasteiger partial charge >= 0.3 is 5.97 Å². The summed E-state index contributed by atoms with van der Waals surface area (Å²) in [6.07, 6.45) is 22.3. The van der Waals surface area contributed by atoms with Gasteiger partial charge in [0.25, 0.3) is 0 Å². The highest BCUT2D eigenvalue weighted by atomic mass is 16.4. The van der Waals surface area contributed by atoms with E-state index in [1.165, 1.54) is 0 Å². The molecule has 1 aliphatic rings. The summed E-state index contributed by atoms with van der Waals surface area (Å²) in [6.45, 7) is 2.11. The molecule has 4 nitrogen and oxygen atoms in total. The van der Waals surface area contributed by atoms with Crippen LogP contribution in [0.15, 0.2) is 60.8 Å². The minimum atomic E-state index is -0.924. The fourth-order valence-corrected chi connectivity index (χ4v) is 2.70. The Morgan fingerprint density at radius 2 is 1.81 bits per heavy atom. The largest absolute Gasteiger partial charge is 0.481 e. The zero-order valence-electron chi connectivity index (χ0n) is 15.5. The Labute approximate surface area is 156 Å². The molecule has 3 atom stereocenters. The van der Waals surface area contributed by atoms with Crippen LogP contribution in [0.3, 0.4) is 0 Å². The molecule has 0 aromatic carbocycles. The van der Waals surface area contributed by atoms with Gasteiger partial charge in [-0.25, -0.2) is 0 Å². The summed E-state index contributed by atoms with van der Waals surface area (Å²) in [4.78, 5) is 22.5. The quantitative estimate of drug-likeness (QED) is 0.507. The van der Waals surface area contributed by atoms with Crippen LogP contribution < -0.4 is 0 Å². The molecule has 0 spiro atoms. The van der Waals surface area contributed by atoms with Crippen LogP contribution in [0.4, 0.5) is 0 Å². The molecule has 4 heteroatoms. The lowest BCUT2D eigenvalue weighted by Gasteiger charge is -2.13. The Bertz CT molecular complexity index is 581. The summed E-state index contributed by atoms with van der Waals surface area (Å²) in [7, 11) is 0. The number of aliphatic hydroxyl groups is 1. The molecule has 0 bridgehead atoms. The molecule has 0 amide bonds. The maximum Gasteiger partial charge on any atom is 0.303 e. The zero-order chi connectivity index (χ0) is 19.2. The third kappa shape index (κ3) is 9.33. The summed E-state index contributed by atoms with van der Waals surface area (Å²) in [5.74, 6) is -0.997. The van der Waals surface area contributed by atoms with Gasteiger partial charge in [-0.3, -0.25) is 9.59 Å². The number of carboxylic acid groups (broad SMARTS) is 1. The molecule has 26 heavy (non-hydrogen) atoms. The van der Waals surface area contributed by atoms with Crippen LogP contribution >= 0.6 is 0 Å². The van der Waals surface area contributed by atoms with Crippen LogP contribution in [0, 0.1) is 11.8 Å². The SMILES string of the molecule is CC/C=C\C/C=C\C/C=C\C[C@@H]1C(=O)C=C[C@@H]1/C=C/[C@@H](O)CCC(=O)O. The van der Waals surface area contributed by atoms with Gasteiger partial charge < -0.3 is 10.2 Å². The fraction of sp³-hybridized carbons (Fsp3) is 0.455. The second kappa shape index (κ2) is 13.1. The van der Waals surface area contributed by atoms with Crippen molar-refractivity contribution >= 4 is 11.8 Å². The molecule has 1 rings (SSSR count). The van der Waals surface area contributed by atoms with Crippen LogP contribution in [0.2, 0.25) is 0 Å². The summed E-state index contributed by atoms with van der Waals surface area (Å²) < 4.78 is 0. The van der Waals surface area contributed by atoms with Gasteiger partial charge in [0.1, 0.15) is 0 Å². The minimum Gasteiger partial charge on any atom is -0.481 e. The Balaban J connectivity index is 2.39. The molecule has 0 fully saturated rings. The first-order chi connectivity index (χ1) is 12.5. The van der Waals surface area contributed by atoms with E-state index >= 15 is 0 Å². The Kier molecular flexibility index (Phi) is 11.0. The van der Waals surface area contributed by atoms with E-state index in [0.717, 1.165) is 19.3 Å². The highest BCUT2D eigenvalue weighted by Crippen LogP contribution is 2.27. The van der Waals surface area contributed by atoms with Crippen molar-refractivity contribution in [1.82, 2.24) is 0 Å². The predicted molar refractivity (Wildman–Crippen MR) is 105 cm³/mol. The summed E-state index contributed by atoms with van der Waals surface area (Å²) >= 11 is 0. The molecule has 2 N–H and O–H groups in total. The van der Waals surface area contributed by atoms with E-state index in [1.54, 1.807) is 12.2 Å². The highest BCUT2D eigenvalue weighted by molar-refractivity contribution is 5.95. The van der Waals surface area contributed by atoms with E-state index in [9.17, 15) is 14.7 Å². The maximum absolute atomic E-state index is 12.0. The fourth-order valence-electron chi connectivity index (χ4n) is 2.70.